The molecule has 0 atom stereocenters. The van der Waals surface area contributed by atoms with Gasteiger partial charge >= 0.3 is 0 Å². The Morgan fingerprint density at radius 2 is 2.33 bits per heavy atom. The predicted octanol–water partition coefficient (Wildman–Crippen LogP) is 1.31. The highest BCUT2D eigenvalue weighted by Crippen LogP contribution is 2.24. The lowest BCUT2D eigenvalue weighted by atomic mass is 10.2. The SMILES string of the molecule is COc1cc(CNN)ccc1Cl. The Morgan fingerprint density at radius 3 is 2.92 bits per heavy atom. The summed E-state index contributed by atoms with van der Waals surface area (Å²) in [5.41, 5.74) is 3.60. The molecule has 0 aliphatic rings. The van der Waals surface area contributed by atoms with Crippen LogP contribution in [0.5, 0.6) is 5.75 Å². The average Bonchev–Trinajstić information content (AvgIpc) is 2.09. The van der Waals surface area contributed by atoms with Crippen LogP contribution in [0.2, 0.25) is 5.02 Å². The van der Waals surface area contributed by atoms with Gasteiger partial charge < -0.3 is 4.74 Å². The van der Waals surface area contributed by atoms with Crippen LogP contribution in [-0.4, -0.2) is 7.11 Å². The Kier molecular flexibility index (Phi) is 3.34. The highest BCUT2D eigenvalue weighted by Gasteiger charge is 2.00. The van der Waals surface area contributed by atoms with Crippen molar-refractivity contribution in [1.29, 1.82) is 0 Å². The van der Waals surface area contributed by atoms with Crippen molar-refractivity contribution in [1.82, 2.24) is 5.43 Å². The van der Waals surface area contributed by atoms with Gasteiger partial charge in [0.1, 0.15) is 5.75 Å². The van der Waals surface area contributed by atoms with Crippen LogP contribution >= 0.6 is 11.6 Å². The average molecular weight is 187 g/mol. The second-order valence-electron chi connectivity index (χ2n) is 2.35. The van der Waals surface area contributed by atoms with Gasteiger partial charge in [0.2, 0.25) is 0 Å². The van der Waals surface area contributed by atoms with E-state index in [1.165, 1.54) is 0 Å². The van der Waals surface area contributed by atoms with Crippen LogP contribution in [0.4, 0.5) is 0 Å². The molecule has 0 aliphatic carbocycles. The maximum atomic E-state index is 5.82. The zero-order valence-corrected chi connectivity index (χ0v) is 7.56. The van der Waals surface area contributed by atoms with Gasteiger partial charge in [0.05, 0.1) is 12.1 Å². The Bertz CT molecular complexity index is 265. The van der Waals surface area contributed by atoms with Crippen molar-refractivity contribution in [2.75, 3.05) is 7.11 Å². The molecule has 0 spiro atoms. The lowest BCUT2D eigenvalue weighted by Gasteiger charge is -2.05. The van der Waals surface area contributed by atoms with E-state index in [1.807, 2.05) is 12.1 Å². The number of hydrogen-bond donors (Lipinski definition) is 2. The maximum Gasteiger partial charge on any atom is 0.137 e. The largest absolute Gasteiger partial charge is 0.495 e. The molecule has 0 aromatic heterocycles. The van der Waals surface area contributed by atoms with Gasteiger partial charge in [-0.2, -0.15) is 0 Å². The van der Waals surface area contributed by atoms with E-state index in [0.717, 1.165) is 5.56 Å². The van der Waals surface area contributed by atoms with Crippen molar-refractivity contribution in [2.24, 2.45) is 5.84 Å². The number of rotatable bonds is 3. The van der Waals surface area contributed by atoms with E-state index in [4.69, 9.17) is 22.2 Å². The van der Waals surface area contributed by atoms with Crippen molar-refractivity contribution in [3.05, 3.63) is 28.8 Å². The molecule has 3 nitrogen and oxygen atoms in total. The molecule has 0 aliphatic heterocycles. The first kappa shape index (κ1) is 9.32. The van der Waals surface area contributed by atoms with Gasteiger partial charge in [0.15, 0.2) is 0 Å². The van der Waals surface area contributed by atoms with Gasteiger partial charge in [0, 0.05) is 6.54 Å². The fourth-order valence-electron chi connectivity index (χ4n) is 0.932. The van der Waals surface area contributed by atoms with E-state index >= 15 is 0 Å². The third-order valence-electron chi connectivity index (χ3n) is 1.52. The van der Waals surface area contributed by atoms with Crippen LogP contribution in [-0.2, 0) is 6.54 Å². The van der Waals surface area contributed by atoms with Crippen LogP contribution < -0.4 is 16.0 Å². The first-order valence-electron chi connectivity index (χ1n) is 3.54. The lowest BCUT2D eigenvalue weighted by molar-refractivity contribution is 0.414. The fraction of sp³-hybridized carbons (Fsp3) is 0.250. The number of benzene rings is 1. The molecule has 66 valence electrons. The van der Waals surface area contributed by atoms with Gasteiger partial charge in [-0.1, -0.05) is 17.7 Å². The minimum atomic E-state index is 0.605. The molecule has 0 bridgehead atoms. The second-order valence-corrected chi connectivity index (χ2v) is 2.76. The maximum absolute atomic E-state index is 5.82. The van der Waals surface area contributed by atoms with Crippen LogP contribution in [0.3, 0.4) is 0 Å². The molecule has 0 radical (unpaired) electrons. The normalized spacial score (nSPS) is 9.92. The standard InChI is InChI=1S/C8H11ClN2O/c1-12-8-4-6(5-11-10)2-3-7(8)9/h2-4,11H,5,10H2,1H3. The molecule has 0 fully saturated rings. The van der Waals surface area contributed by atoms with Crippen molar-refractivity contribution >= 4 is 11.6 Å². The Labute approximate surface area is 76.4 Å². The topological polar surface area (TPSA) is 47.3 Å². The fourth-order valence-corrected chi connectivity index (χ4v) is 1.13. The number of methoxy groups -OCH3 is 1. The quantitative estimate of drug-likeness (QED) is 0.553. The first-order chi connectivity index (χ1) is 5.77. The number of ether oxygens (including phenoxy) is 1. The zero-order valence-electron chi connectivity index (χ0n) is 6.80. The summed E-state index contributed by atoms with van der Waals surface area (Å²) in [6, 6.07) is 5.53. The summed E-state index contributed by atoms with van der Waals surface area (Å²) in [4.78, 5) is 0. The molecule has 0 saturated carbocycles. The van der Waals surface area contributed by atoms with Crippen molar-refractivity contribution in [2.45, 2.75) is 6.54 Å². The van der Waals surface area contributed by atoms with E-state index in [9.17, 15) is 0 Å². The van der Waals surface area contributed by atoms with Gasteiger partial charge in [-0.05, 0) is 17.7 Å². The van der Waals surface area contributed by atoms with Crippen LogP contribution in [0.1, 0.15) is 5.56 Å². The molecular weight excluding hydrogens is 176 g/mol. The molecule has 1 aromatic carbocycles. The summed E-state index contributed by atoms with van der Waals surface area (Å²) < 4.78 is 5.03. The molecule has 0 saturated heterocycles. The molecule has 0 heterocycles. The van der Waals surface area contributed by atoms with Crippen molar-refractivity contribution < 1.29 is 4.74 Å². The molecule has 0 unspecified atom stereocenters. The minimum Gasteiger partial charge on any atom is -0.495 e. The summed E-state index contributed by atoms with van der Waals surface area (Å²) in [5.74, 6) is 5.84. The summed E-state index contributed by atoms with van der Waals surface area (Å²) >= 11 is 5.82. The Hall–Kier alpha value is -0.770. The van der Waals surface area contributed by atoms with E-state index < -0.39 is 0 Å². The molecular formula is C8H11ClN2O. The lowest BCUT2D eigenvalue weighted by Crippen LogP contribution is -2.20. The molecule has 1 aromatic rings. The minimum absolute atomic E-state index is 0.605. The summed E-state index contributed by atoms with van der Waals surface area (Å²) in [6.07, 6.45) is 0. The molecule has 1 rings (SSSR count). The third kappa shape index (κ3) is 2.11. The third-order valence-corrected chi connectivity index (χ3v) is 1.83. The molecule has 12 heavy (non-hydrogen) atoms. The monoisotopic (exact) mass is 186 g/mol. The molecule has 4 heteroatoms. The van der Waals surface area contributed by atoms with E-state index in [2.05, 4.69) is 5.43 Å². The smallest absolute Gasteiger partial charge is 0.137 e. The van der Waals surface area contributed by atoms with Gasteiger partial charge in [-0.15, -0.1) is 0 Å². The van der Waals surface area contributed by atoms with Crippen LogP contribution in [0.15, 0.2) is 18.2 Å². The van der Waals surface area contributed by atoms with Crippen molar-refractivity contribution in [3.63, 3.8) is 0 Å². The Morgan fingerprint density at radius 1 is 1.58 bits per heavy atom. The zero-order chi connectivity index (χ0) is 8.97. The number of nitrogens with two attached hydrogens (primary N) is 1. The number of hydrazine groups is 1. The van der Waals surface area contributed by atoms with E-state index in [1.54, 1.807) is 13.2 Å². The number of nitrogens with one attached hydrogen (secondary N) is 1. The van der Waals surface area contributed by atoms with E-state index in [0.29, 0.717) is 17.3 Å². The number of halogens is 1. The van der Waals surface area contributed by atoms with Gasteiger partial charge in [0.25, 0.3) is 0 Å². The van der Waals surface area contributed by atoms with Gasteiger partial charge in [-0.3, -0.25) is 11.3 Å². The van der Waals surface area contributed by atoms with Crippen LogP contribution in [0.25, 0.3) is 0 Å². The van der Waals surface area contributed by atoms with E-state index in [-0.39, 0.29) is 0 Å². The highest BCUT2D eigenvalue weighted by molar-refractivity contribution is 6.32. The molecule has 0 amide bonds. The summed E-state index contributed by atoms with van der Waals surface area (Å²) in [6.45, 7) is 0.605. The second kappa shape index (κ2) is 4.30. The first-order valence-corrected chi connectivity index (χ1v) is 3.91. The summed E-state index contributed by atoms with van der Waals surface area (Å²) in [7, 11) is 1.58. The Balaban J connectivity index is 2.89. The highest BCUT2D eigenvalue weighted by atomic mass is 35.5. The van der Waals surface area contributed by atoms with Crippen LogP contribution in [0, 0.1) is 0 Å². The van der Waals surface area contributed by atoms with Crippen molar-refractivity contribution in [3.8, 4) is 5.75 Å². The molecule has 3 N–H and O–H groups in total. The summed E-state index contributed by atoms with van der Waals surface area (Å²) in [5, 5.41) is 0.610. The predicted molar refractivity (Wildman–Crippen MR) is 49.0 cm³/mol. The van der Waals surface area contributed by atoms with Gasteiger partial charge in [-0.25, -0.2) is 0 Å². The number of hydrogen-bond acceptors (Lipinski definition) is 3.